The molecule has 1 atom stereocenters. The zero-order valence-corrected chi connectivity index (χ0v) is 14.3. The van der Waals surface area contributed by atoms with Gasteiger partial charge in [0.15, 0.2) is 0 Å². The maximum Gasteiger partial charge on any atom is 0.407 e. The summed E-state index contributed by atoms with van der Waals surface area (Å²) in [5, 5.41) is 2.79. The van der Waals surface area contributed by atoms with Gasteiger partial charge in [-0.1, -0.05) is 6.92 Å². The first-order valence-electron chi connectivity index (χ1n) is 7.12. The minimum Gasteiger partial charge on any atom is -0.444 e. The molecule has 0 saturated carbocycles. The molecule has 0 radical (unpaired) electrons. The molecule has 1 heterocycles. The van der Waals surface area contributed by atoms with Crippen molar-refractivity contribution in [1.82, 2.24) is 15.3 Å². The third-order valence-corrected chi connectivity index (χ3v) is 3.45. The molecule has 5 nitrogen and oxygen atoms in total. The highest BCUT2D eigenvalue weighted by Gasteiger charge is 2.16. The molecule has 1 amide bonds. The molecular weight excluding hydrogens is 286 g/mol. The number of alkyl carbamates (subject to hydrolysis) is 1. The van der Waals surface area contributed by atoms with Crippen LogP contribution in [0.5, 0.6) is 0 Å². The molecule has 0 aliphatic carbocycles. The molecule has 0 aliphatic heterocycles. The molecule has 1 N–H and O–H groups in total. The lowest BCUT2D eigenvalue weighted by Crippen LogP contribution is -2.34. The number of thioether (sulfide) groups is 1. The van der Waals surface area contributed by atoms with Crippen LogP contribution in [0.2, 0.25) is 0 Å². The standard InChI is InChI=1S/C15H25N3O2S/c1-11(8-18-14(19)20-15(2,3)4)6-7-13-16-9-12(21-5)10-17-13/h9-11H,6-8H2,1-5H3,(H,18,19). The van der Waals surface area contributed by atoms with Crippen molar-refractivity contribution in [1.29, 1.82) is 0 Å². The van der Waals surface area contributed by atoms with E-state index in [2.05, 4.69) is 22.2 Å². The van der Waals surface area contributed by atoms with Crippen LogP contribution in [-0.4, -0.2) is 34.5 Å². The van der Waals surface area contributed by atoms with Gasteiger partial charge in [-0.25, -0.2) is 14.8 Å². The van der Waals surface area contributed by atoms with Crippen LogP contribution in [-0.2, 0) is 11.2 Å². The maximum atomic E-state index is 11.5. The van der Waals surface area contributed by atoms with Gasteiger partial charge in [0.05, 0.1) is 0 Å². The Kier molecular flexibility index (Phi) is 6.95. The summed E-state index contributed by atoms with van der Waals surface area (Å²) in [4.78, 5) is 21.3. The molecule has 1 aromatic heterocycles. The van der Waals surface area contributed by atoms with E-state index in [1.807, 2.05) is 39.4 Å². The number of amides is 1. The van der Waals surface area contributed by atoms with Crippen LogP contribution in [0.25, 0.3) is 0 Å². The summed E-state index contributed by atoms with van der Waals surface area (Å²) < 4.78 is 5.20. The van der Waals surface area contributed by atoms with Crippen molar-refractivity contribution in [3.8, 4) is 0 Å². The number of nitrogens with zero attached hydrogens (tertiary/aromatic N) is 2. The van der Waals surface area contributed by atoms with Gasteiger partial charge in [-0.2, -0.15) is 0 Å². The monoisotopic (exact) mass is 311 g/mol. The third-order valence-electron chi connectivity index (χ3n) is 2.77. The Bertz CT molecular complexity index is 443. The van der Waals surface area contributed by atoms with Gasteiger partial charge < -0.3 is 10.1 Å². The molecule has 1 unspecified atom stereocenters. The number of carbonyl (C=O) groups excluding carboxylic acids is 1. The molecule has 0 aromatic carbocycles. The topological polar surface area (TPSA) is 64.1 Å². The van der Waals surface area contributed by atoms with Crippen LogP contribution in [0.3, 0.4) is 0 Å². The average Bonchev–Trinajstić information content (AvgIpc) is 2.41. The molecule has 1 aromatic rings. The number of aromatic nitrogens is 2. The minimum atomic E-state index is -0.458. The lowest BCUT2D eigenvalue weighted by atomic mass is 10.1. The highest BCUT2D eigenvalue weighted by molar-refractivity contribution is 7.98. The molecule has 0 fully saturated rings. The summed E-state index contributed by atoms with van der Waals surface area (Å²) in [6.45, 7) is 8.24. The molecule has 0 saturated heterocycles. The number of carbonyl (C=O) groups is 1. The van der Waals surface area contributed by atoms with Gasteiger partial charge in [-0.15, -0.1) is 11.8 Å². The van der Waals surface area contributed by atoms with E-state index in [0.29, 0.717) is 12.5 Å². The molecule has 118 valence electrons. The van der Waals surface area contributed by atoms with E-state index in [-0.39, 0.29) is 6.09 Å². The van der Waals surface area contributed by atoms with Crippen molar-refractivity contribution >= 4 is 17.9 Å². The quantitative estimate of drug-likeness (QED) is 0.817. The van der Waals surface area contributed by atoms with Crippen molar-refractivity contribution in [2.45, 2.75) is 51.0 Å². The number of nitrogens with one attached hydrogen (secondary N) is 1. The highest BCUT2D eigenvalue weighted by atomic mass is 32.2. The third kappa shape index (κ3) is 7.90. The molecule has 0 bridgehead atoms. The fourth-order valence-corrected chi connectivity index (χ4v) is 1.94. The van der Waals surface area contributed by atoms with Gasteiger partial charge >= 0.3 is 6.09 Å². The lowest BCUT2D eigenvalue weighted by molar-refractivity contribution is 0.0520. The van der Waals surface area contributed by atoms with E-state index in [1.165, 1.54) is 0 Å². The molecule has 0 spiro atoms. The van der Waals surface area contributed by atoms with Gasteiger partial charge in [-0.3, -0.25) is 0 Å². The Morgan fingerprint density at radius 2 is 2.00 bits per heavy atom. The number of rotatable bonds is 6. The van der Waals surface area contributed by atoms with Gasteiger partial charge in [0.2, 0.25) is 0 Å². The molecule has 1 rings (SSSR count). The fraction of sp³-hybridized carbons (Fsp3) is 0.667. The first kappa shape index (κ1) is 17.8. The van der Waals surface area contributed by atoms with Crippen LogP contribution in [0.15, 0.2) is 17.3 Å². The smallest absolute Gasteiger partial charge is 0.407 e. The maximum absolute atomic E-state index is 11.5. The summed E-state index contributed by atoms with van der Waals surface area (Å²) in [6.07, 6.45) is 7.06. The van der Waals surface area contributed by atoms with Gasteiger partial charge in [0.1, 0.15) is 11.4 Å². The zero-order valence-electron chi connectivity index (χ0n) is 13.5. The summed E-state index contributed by atoms with van der Waals surface area (Å²) >= 11 is 1.63. The van der Waals surface area contributed by atoms with E-state index in [9.17, 15) is 4.79 Å². The van der Waals surface area contributed by atoms with Crippen molar-refractivity contribution in [3.63, 3.8) is 0 Å². The number of hydrogen-bond donors (Lipinski definition) is 1. The Hall–Kier alpha value is -1.30. The first-order chi connectivity index (χ1) is 9.80. The number of ether oxygens (including phenoxy) is 1. The van der Waals surface area contributed by atoms with E-state index >= 15 is 0 Å². The normalized spacial score (nSPS) is 12.8. The Morgan fingerprint density at radius 3 is 2.52 bits per heavy atom. The van der Waals surface area contributed by atoms with Crippen molar-refractivity contribution in [2.24, 2.45) is 5.92 Å². The Labute approximate surface area is 131 Å². The molecular formula is C15H25N3O2S. The van der Waals surface area contributed by atoms with Gasteiger partial charge in [0, 0.05) is 30.3 Å². The van der Waals surface area contributed by atoms with Crippen molar-refractivity contribution in [2.75, 3.05) is 12.8 Å². The predicted molar refractivity (Wildman–Crippen MR) is 85.5 cm³/mol. The summed E-state index contributed by atoms with van der Waals surface area (Å²) in [5.74, 6) is 1.19. The second-order valence-electron chi connectivity index (χ2n) is 6.07. The first-order valence-corrected chi connectivity index (χ1v) is 8.34. The average molecular weight is 311 g/mol. The number of hydrogen-bond acceptors (Lipinski definition) is 5. The number of aryl methyl sites for hydroxylation is 1. The minimum absolute atomic E-state index is 0.348. The lowest BCUT2D eigenvalue weighted by Gasteiger charge is -2.20. The van der Waals surface area contributed by atoms with Crippen LogP contribution < -0.4 is 5.32 Å². The van der Waals surface area contributed by atoms with E-state index in [4.69, 9.17) is 4.74 Å². The van der Waals surface area contributed by atoms with Gasteiger partial charge in [0.25, 0.3) is 0 Å². The predicted octanol–water partition coefficient (Wildman–Crippen LogP) is 3.29. The highest BCUT2D eigenvalue weighted by Crippen LogP contribution is 2.12. The summed E-state index contributed by atoms with van der Waals surface area (Å²) in [5.41, 5.74) is -0.458. The van der Waals surface area contributed by atoms with Crippen LogP contribution >= 0.6 is 11.8 Å². The van der Waals surface area contributed by atoms with E-state index in [0.717, 1.165) is 23.6 Å². The summed E-state index contributed by atoms with van der Waals surface area (Å²) in [6, 6.07) is 0. The van der Waals surface area contributed by atoms with Crippen molar-refractivity contribution < 1.29 is 9.53 Å². The molecule has 6 heteroatoms. The van der Waals surface area contributed by atoms with Crippen LogP contribution in [0.1, 0.15) is 39.9 Å². The SMILES string of the molecule is CSc1cnc(CCC(C)CNC(=O)OC(C)(C)C)nc1. The van der Waals surface area contributed by atoms with E-state index in [1.54, 1.807) is 11.8 Å². The summed E-state index contributed by atoms with van der Waals surface area (Å²) in [7, 11) is 0. The largest absolute Gasteiger partial charge is 0.444 e. The molecule has 21 heavy (non-hydrogen) atoms. The van der Waals surface area contributed by atoms with Crippen LogP contribution in [0.4, 0.5) is 4.79 Å². The fourth-order valence-electron chi connectivity index (χ4n) is 1.63. The Balaban J connectivity index is 2.27. The van der Waals surface area contributed by atoms with Gasteiger partial charge in [-0.05, 0) is 39.4 Å². The zero-order chi connectivity index (χ0) is 15.9. The van der Waals surface area contributed by atoms with Crippen LogP contribution in [0, 0.1) is 5.92 Å². The molecule has 0 aliphatic rings. The Morgan fingerprint density at radius 1 is 1.38 bits per heavy atom. The second-order valence-corrected chi connectivity index (χ2v) is 6.95. The van der Waals surface area contributed by atoms with Crippen molar-refractivity contribution in [3.05, 3.63) is 18.2 Å². The second kappa shape index (κ2) is 8.22. The van der Waals surface area contributed by atoms with E-state index < -0.39 is 5.60 Å².